The molecule has 3 heteroatoms. The molecule has 0 saturated heterocycles. The van der Waals surface area contributed by atoms with Crippen molar-refractivity contribution in [2.24, 2.45) is 0 Å². The molecule has 0 bridgehead atoms. The van der Waals surface area contributed by atoms with Crippen molar-refractivity contribution in [3.63, 3.8) is 0 Å². The van der Waals surface area contributed by atoms with Crippen molar-refractivity contribution in [2.45, 2.75) is 32.6 Å². The predicted molar refractivity (Wildman–Crippen MR) is 58.4 cm³/mol. The Labute approximate surface area is 90.5 Å². The molecule has 0 aliphatic rings. The monoisotopic (exact) mass is 207 g/mol. The second-order valence-electron chi connectivity index (χ2n) is 3.44. The van der Waals surface area contributed by atoms with Crippen LogP contribution in [0, 0.1) is 0 Å². The average Bonchev–Trinajstić information content (AvgIpc) is 2.28. The zero-order valence-corrected chi connectivity index (χ0v) is 9.11. The molecule has 1 heterocycles. The Hall–Kier alpha value is -1.38. The molecule has 0 aromatic carbocycles. The first-order valence-electron chi connectivity index (χ1n) is 5.37. The van der Waals surface area contributed by atoms with E-state index in [0.717, 1.165) is 18.4 Å². The SMILES string of the molecule is CCCCOC(=O)CCc1cccnc1. The van der Waals surface area contributed by atoms with Crippen molar-refractivity contribution >= 4 is 5.97 Å². The topological polar surface area (TPSA) is 39.2 Å². The second-order valence-corrected chi connectivity index (χ2v) is 3.44. The first-order chi connectivity index (χ1) is 7.33. The van der Waals surface area contributed by atoms with Gasteiger partial charge in [0, 0.05) is 18.8 Å². The number of ether oxygens (including phenoxy) is 1. The van der Waals surface area contributed by atoms with Crippen LogP contribution in [0.2, 0.25) is 0 Å². The minimum absolute atomic E-state index is 0.118. The van der Waals surface area contributed by atoms with Crippen LogP contribution in [0.25, 0.3) is 0 Å². The Balaban J connectivity index is 2.17. The van der Waals surface area contributed by atoms with E-state index in [1.807, 2.05) is 12.1 Å². The van der Waals surface area contributed by atoms with E-state index in [4.69, 9.17) is 4.74 Å². The molecule has 82 valence electrons. The van der Waals surface area contributed by atoms with Gasteiger partial charge in [-0.2, -0.15) is 0 Å². The Morgan fingerprint density at radius 3 is 3.07 bits per heavy atom. The quantitative estimate of drug-likeness (QED) is 0.531. The van der Waals surface area contributed by atoms with Gasteiger partial charge in [-0.3, -0.25) is 9.78 Å². The van der Waals surface area contributed by atoms with Crippen LogP contribution in [-0.2, 0) is 16.0 Å². The van der Waals surface area contributed by atoms with Gasteiger partial charge in [0.05, 0.1) is 6.61 Å². The fourth-order valence-electron chi connectivity index (χ4n) is 1.19. The largest absolute Gasteiger partial charge is 0.466 e. The summed E-state index contributed by atoms with van der Waals surface area (Å²) >= 11 is 0. The lowest BCUT2D eigenvalue weighted by Crippen LogP contribution is -2.06. The number of unbranched alkanes of at least 4 members (excludes halogenated alkanes) is 1. The van der Waals surface area contributed by atoms with Crippen LogP contribution in [0.1, 0.15) is 31.7 Å². The number of carbonyl (C=O) groups excluding carboxylic acids is 1. The van der Waals surface area contributed by atoms with E-state index >= 15 is 0 Å². The van der Waals surface area contributed by atoms with Crippen LogP contribution in [0.15, 0.2) is 24.5 Å². The normalized spacial score (nSPS) is 9.93. The highest BCUT2D eigenvalue weighted by Gasteiger charge is 2.02. The van der Waals surface area contributed by atoms with E-state index in [-0.39, 0.29) is 5.97 Å². The number of rotatable bonds is 6. The van der Waals surface area contributed by atoms with E-state index in [2.05, 4.69) is 11.9 Å². The average molecular weight is 207 g/mol. The van der Waals surface area contributed by atoms with Crippen LogP contribution >= 0.6 is 0 Å². The number of hydrogen-bond donors (Lipinski definition) is 0. The molecule has 0 atom stereocenters. The molecule has 1 rings (SSSR count). The number of esters is 1. The third-order valence-corrected chi connectivity index (χ3v) is 2.10. The van der Waals surface area contributed by atoms with E-state index in [9.17, 15) is 4.79 Å². The summed E-state index contributed by atoms with van der Waals surface area (Å²) in [6.45, 7) is 2.62. The molecule has 0 spiro atoms. The van der Waals surface area contributed by atoms with Crippen molar-refractivity contribution in [2.75, 3.05) is 6.61 Å². The van der Waals surface area contributed by atoms with Crippen molar-refractivity contribution in [1.82, 2.24) is 4.98 Å². The fourth-order valence-corrected chi connectivity index (χ4v) is 1.19. The molecular weight excluding hydrogens is 190 g/mol. The highest BCUT2D eigenvalue weighted by molar-refractivity contribution is 5.69. The van der Waals surface area contributed by atoms with Crippen LogP contribution in [-0.4, -0.2) is 17.6 Å². The summed E-state index contributed by atoms with van der Waals surface area (Å²) < 4.78 is 5.04. The molecule has 0 aliphatic carbocycles. The highest BCUT2D eigenvalue weighted by Crippen LogP contribution is 2.01. The minimum Gasteiger partial charge on any atom is -0.466 e. The smallest absolute Gasteiger partial charge is 0.306 e. The number of aromatic nitrogens is 1. The molecule has 0 N–H and O–H groups in total. The fraction of sp³-hybridized carbons (Fsp3) is 0.500. The van der Waals surface area contributed by atoms with Crippen LogP contribution in [0.5, 0.6) is 0 Å². The number of aryl methyl sites for hydroxylation is 1. The summed E-state index contributed by atoms with van der Waals surface area (Å²) in [5.41, 5.74) is 1.07. The molecule has 3 nitrogen and oxygen atoms in total. The van der Waals surface area contributed by atoms with Crippen LogP contribution in [0.4, 0.5) is 0 Å². The second kappa shape index (κ2) is 6.98. The number of nitrogens with zero attached hydrogens (tertiary/aromatic N) is 1. The van der Waals surface area contributed by atoms with Crippen LogP contribution < -0.4 is 0 Å². The summed E-state index contributed by atoms with van der Waals surface area (Å²) in [5.74, 6) is -0.118. The lowest BCUT2D eigenvalue weighted by atomic mass is 10.2. The molecule has 0 saturated carbocycles. The molecule has 0 amide bonds. The standard InChI is InChI=1S/C12H17NO2/c1-2-3-9-15-12(14)7-6-11-5-4-8-13-10-11/h4-5,8,10H,2-3,6-7,9H2,1H3. The number of pyridine rings is 1. The van der Waals surface area contributed by atoms with Gasteiger partial charge in [0.2, 0.25) is 0 Å². The van der Waals surface area contributed by atoms with Gasteiger partial charge < -0.3 is 4.74 Å². The number of hydrogen-bond acceptors (Lipinski definition) is 3. The van der Waals surface area contributed by atoms with E-state index < -0.39 is 0 Å². The molecule has 0 fully saturated rings. The van der Waals surface area contributed by atoms with Gasteiger partial charge in [-0.1, -0.05) is 19.4 Å². The van der Waals surface area contributed by atoms with E-state index in [1.54, 1.807) is 12.4 Å². The van der Waals surface area contributed by atoms with Gasteiger partial charge >= 0.3 is 5.97 Å². The van der Waals surface area contributed by atoms with E-state index in [1.165, 1.54) is 0 Å². The Morgan fingerprint density at radius 2 is 2.40 bits per heavy atom. The maximum Gasteiger partial charge on any atom is 0.306 e. The third kappa shape index (κ3) is 5.15. The highest BCUT2D eigenvalue weighted by atomic mass is 16.5. The lowest BCUT2D eigenvalue weighted by molar-refractivity contribution is -0.143. The van der Waals surface area contributed by atoms with Gasteiger partial charge in [0.15, 0.2) is 0 Å². The summed E-state index contributed by atoms with van der Waals surface area (Å²) in [4.78, 5) is 15.2. The Kier molecular flexibility index (Phi) is 5.44. The van der Waals surface area contributed by atoms with Crippen molar-refractivity contribution in [1.29, 1.82) is 0 Å². The zero-order chi connectivity index (χ0) is 10.9. The summed E-state index contributed by atoms with van der Waals surface area (Å²) in [6, 6.07) is 3.84. The summed E-state index contributed by atoms with van der Waals surface area (Å²) in [5, 5.41) is 0. The molecule has 0 unspecified atom stereocenters. The third-order valence-electron chi connectivity index (χ3n) is 2.10. The molecule has 1 aromatic rings. The van der Waals surface area contributed by atoms with Gasteiger partial charge in [0.25, 0.3) is 0 Å². The zero-order valence-electron chi connectivity index (χ0n) is 9.11. The predicted octanol–water partition coefficient (Wildman–Crippen LogP) is 2.36. The maximum atomic E-state index is 11.2. The molecule has 1 aromatic heterocycles. The first-order valence-corrected chi connectivity index (χ1v) is 5.37. The van der Waals surface area contributed by atoms with Gasteiger partial charge in [-0.05, 0) is 24.5 Å². The first kappa shape index (κ1) is 11.7. The lowest BCUT2D eigenvalue weighted by Gasteiger charge is -2.03. The molecule has 0 aliphatic heterocycles. The van der Waals surface area contributed by atoms with Gasteiger partial charge in [-0.15, -0.1) is 0 Å². The molecule has 0 radical (unpaired) electrons. The summed E-state index contributed by atoms with van der Waals surface area (Å²) in [6.07, 6.45) is 6.64. The van der Waals surface area contributed by atoms with E-state index in [0.29, 0.717) is 19.4 Å². The van der Waals surface area contributed by atoms with Crippen molar-refractivity contribution in [3.05, 3.63) is 30.1 Å². The molecule has 15 heavy (non-hydrogen) atoms. The minimum atomic E-state index is -0.118. The number of carbonyl (C=O) groups is 1. The maximum absolute atomic E-state index is 11.2. The summed E-state index contributed by atoms with van der Waals surface area (Å²) in [7, 11) is 0. The molecular formula is C12H17NO2. The van der Waals surface area contributed by atoms with Gasteiger partial charge in [0.1, 0.15) is 0 Å². The van der Waals surface area contributed by atoms with Crippen molar-refractivity contribution in [3.8, 4) is 0 Å². The van der Waals surface area contributed by atoms with Gasteiger partial charge in [-0.25, -0.2) is 0 Å². The Morgan fingerprint density at radius 1 is 1.53 bits per heavy atom. The van der Waals surface area contributed by atoms with Crippen LogP contribution in [0.3, 0.4) is 0 Å². The van der Waals surface area contributed by atoms with Crippen molar-refractivity contribution < 1.29 is 9.53 Å². The Bertz CT molecular complexity index is 285.